The molecule has 0 bridgehead atoms. The number of hydrogen-bond donors (Lipinski definition) is 4. The minimum atomic E-state index is -1.09. The van der Waals surface area contributed by atoms with E-state index in [1.807, 2.05) is 6.92 Å². The van der Waals surface area contributed by atoms with Gasteiger partial charge in [0.15, 0.2) is 11.5 Å². The third kappa shape index (κ3) is 8.06. The number of aliphatic hydroxyl groups excluding tert-OH is 3. The molecule has 4 N–H and O–H groups in total. The third-order valence-electron chi connectivity index (χ3n) is 6.07. The predicted octanol–water partition coefficient (Wildman–Crippen LogP) is 2.38. The highest BCUT2D eigenvalue weighted by atomic mass is 127. The van der Waals surface area contributed by atoms with Crippen molar-refractivity contribution in [2.24, 2.45) is 5.92 Å². The molecule has 1 aromatic carbocycles. The van der Waals surface area contributed by atoms with E-state index >= 15 is 0 Å². The second-order valence-electron chi connectivity index (χ2n) is 9.30. The lowest BCUT2D eigenvalue weighted by atomic mass is 9.87. The molecule has 202 valence electrons. The molecule has 1 aliphatic carbocycles. The first kappa shape index (κ1) is 30.3. The molecule has 0 saturated carbocycles. The number of nitrogens with one attached hydrogen (secondary N) is 1. The van der Waals surface area contributed by atoms with E-state index < -0.39 is 18.2 Å². The fraction of sp³-hybridized carbons (Fsp3) is 0.615. The Morgan fingerprint density at radius 2 is 2.00 bits per heavy atom. The van der Waals surface area contributed by atoms with E-state index in [0.29, 0.717) is 51.5 Å². The van der Waals surface area contributed by atoms with Crippen LogP contribution in [0.5, 0.6) is 11.5 Å². The Kier molecular flexibility index (Phi) is 12.4. The van der Waals surface area contributed by atoms with Gasteiger partial charge in [0.05, 0.1) is 29.9 Å². The van der Waals surface area contributed by atoms with Crippen molar-refractivity contribution in [2.75, 3.05) is 26.8 Å². The first-order valence-electron chi connectivity index (χ1n) is 12.4. The van der Waals surface area contributed by atoms with Crippen LogP contribution in [0.4, 0.5) is 0 Å². The number of benzene rings is 1. The molecule has 2 amide bonds. The first-order chi connectivity index (χ1) is 17.2. The van der Waals surface area contributed by atoms with Crippen molar-refractivity contribution in [1.29, 1.82) is 0 Å². The Morgan fingerprint density at radius 1 is 1.28 bits per heavy atom. The van der Waals surface area contributed by atoms with Gasteiger partial charge < -0.3 is 35.0 Å². The highest BCUT2D eigenvalue weighted by Crippen LogP contribution is 2.37. The lowest BCUT2D eigenvalue weighted by molar-refractivity contribution is -0.138. The largest absolute Gasteiger partial charge is 0.493 e. The predicted molar refractivity (Wildman–Crippen MR) is 145 cm³/mol. The quantitative estimate of drug-likeness (QED) is 0.250. The van der Waals surface area contributed by atoms with Crippen molar-refractivity contribution in [1.82, 2.24) is 10.2 Å². The van der Waals surface area contributed by atoms with Crippen LogP contribution in [0.3, 0.4) is 0 Å². The number of hydrogen-bond acceptors (Lipinski definition) is 7. The number of rotatable bonds is 13. The zero-order chi connectivity index (χ0) is 26.8. The Hall–Kier alpha value is -1.89. The summed E-state index contributed by atoms with van der Waals surface area (Å²) < 4.78 is 12.4. The van der Waals surface area contributed by atoms with E-state index in [-0.39, 0.29) is 38.0 Å². The summed E-state index contributed by atoms with van der Waals surface area (Å²) in [4.78, 5) is 27.7. The number of ether oxygens (including phenoxy) is 2. The van der Waals surface area contributed by atoms with Crippen molar-refractivity contribution in [3.8, 4) is 11.5 Å². The molecular weight excluding hydrogens is 579 g/mol. The minimum absolute atomic E-state index is 0.0718. The summed E-state index contributed by atoms with van der Waals surface area (Å²) in [5.74, 6) is 0.670. The number of amides is 2. The fourth-order valence-electron chi connectivity index (χ4n) is 4.12. The van der Waals surface area contributed by atoms with Crippen LogP contribution in [-0.4, -0.2) is 77.1 Å². The zero-order valence-electron chi connectivity index (χ0n) is 21.5. The van der Waals surface area contributed by atoms with Gasteiger partial charge in [0, 0.05) is 31.5 Å². The van der Waals surface area contributed by atoms with Crippen molar-refractivity contribution in [3.63, 3.8) is 0 Å². The van der Waals surface area contributed by atoms with Crippen LogP contribution in [0.15, 0.2) is 23.8 Å². The van der Waals surface area contributed by atoms with Gasteiger partial charge in [0.1, 0.15) is 12.2 Å². The number of halogens is 1. The molecule has 3 atom stereocenters. The van der Waals surface area contributed by atoms with Gasteiger partial charge in [-0.25, -0.2) is 0 Å². The number of carbonyl (C=O) groups excluding carboxylic acids is 2. The fourth-order valence-corrected chi connectivity index (χ4v) is 4.92. The molecule has 1 aromatic rings. The molecule has 0 saturated heterocycles. The summed E-state index contributed by atoms with van der Waals surface area (Å²) in [7, 11) is 1.49. The summed E-state index contributed by atoms with van der Waals surface area (Å²) >= 11 is 2.07. The maximum absolute atomic E-state index is 13.1. The average Bonchev–Trinajstić information content (AvgIpc) is 2.85. The summed E-state index contributed by atoms with van der Waals surface area (Å²) in [6.07, 6.45) is 1.50. The Morgan fingerprint density at radius 3 is 2.58 bits per heavy atom. The molecule has 1 aliphatic rings. The van der Waals surface area contributed by atoms with Crippen molar-refractivity contribution in [3.05, 3.63) is 32.9 Å². The second-order valence-corrected chi connectivity index (χ2v) is 10.5. The minimum Gasteiger partial charge on any atom is -0.493 e. The van der Waals surface area contributed by atoms with E-state index in [0.717, 1.165) is 6.42 Å². The average molecular weight is 619 g/mol. The zero-order valence-corrected chi connectivity index (χ0v) is 23.7. The van der Waals surface area contributed by atoms with Crippen LogP contribution < -0.4 is 14.8 Å². The topological polar surface area (TPSA) is 129 Å². The van der Waals surface area contributed by atoms with E-state index in [1.165, 1.54) is 7.11 Å². The number of methoxy groups -OCH3 is 1. The van der Waals surface area contributed by atoms with Gasteiger partial charge in [-0.2, -0.15) is 0 Å². The SMILES string of the molecule is CCCC(=O)N(CCC(C)C)C1CC(C(=O)NCCO)=CC(Oc2c(I)cc(CO)cc2OC)C1O. The smallest absolute Gasteiger partial charge is 0.247 e. The van der Waals surface area contributed by atoms with Crippen LogP contribution in [0.25, 0.3) is 0 Å². The molecule has 0 aliphatic heterocycles. The molecule has 36 heavy (non-hydrogen) atoms. The van der Waals surface area contributed by atoms with Gasteiger partial charge in [-0.05, 0) is 65.1 Å². The normalized spacial score (nSPS) is 19.6. The van der Waals surface area contributed by atoms with Crippen LogP contribution in [0, 0.1) is 9.49 Å². The van der Waals surface area contributed by atoms with Crippen LogP contribution in [-0.2, 0) is 16.2 Å². The maximum Gasteiger partial charge on any atom is 0.247 e. The molecule has 0 heterocycles. The van der Waals surface area contributed by atoms with Crippen molar-refractivity contribution in [2.45, 2.75) is 71.3 Å². The molecular formula is C26H39IN2O7. The van der Waals surface area contributed by atoms with Gasteiger partial charge in [-0.3, -0.25) is 9.59 Å². The van der Waals surface area contributed by atoms with Gasteiger partial charge >= 0.3 is 0 Å². The molecule has 0 radical (unpaired) electrons. The maximum atomic E-state index is 13.1. The number of carbonyl (C=O) groups is 2. The molecule has 0 fully saturated rings. The molecule has 3 unspecified atom stereocenters. The lowest BCUT2D eigenvalue weighted by Gasteiger charge is -2.41. The summed E-state index contributed by atoms with van der Waals surface area (Å²) in [5.41, 5.74) is 1.03. The second kappa shape index (κ2) is 14.7. The van der Waals surface area contributed by atoms with Gasteiger partial charge in [0.25, 0.3) is 0 Å². The lowest BCUT2D eigenvalue weighted by Crippen LogP contribution is -2.55. The van der Waals surface area contributed by atoms with E-state index in [1.54, 1.807) is 23.1 Å². The Labute approximate surface area is 227 Å². The number of aliphatic hydroxyl groups is 3. The molecule has 0 aromatic heterocycles. The number of nitrogens with zero attached hydrogens (tertiary/aromatic N) is 1. The highest BCUT2D eigenvalue weighted by Gasteiger charge is 2.40. The van der Waals surface area contributed by atoms with Gasteiger partial charge in [-0.1, -0.05) is 20.8 Å². The summed E-state index contributed by atoms with van der Waals surface area (Å²) in [6, 6.07) is 2.75. The first-order valence-corrected chi connectivity index (χ1v) is 13.5. The monoisotopic (exact) mass is 618 g/mol. The molecule has 10 heteroatoms. The van der Waals surface area contributed by atoms with Gasteiger partial charge in [0.2, 0.25) is 11.8 Å². The van der Waals surface area contributed by atoms with Crippen molar-refractivity contribution < 1.29 is 34.4 Å². The van der Waals surface area contributed by atoms with Crippen LogP contribution >= 0.6 is 22.6 Å². The third-order valence-corrected chi connectivity index (χ3v) is 6.87. The molecule has 0 spiro atoms. The molecule has 9 nitrogen and oxygen atoms in total. The van der Waals surface area contributed by atoms with E-state index in [4.69, 9.17) is 14.6 Å². The van der Waals surface area contributed by atoms with Crippen LogP contribution in [0.2, 0.25) is 0 Å². The Balaban J connectivity index is 2.48. The van der Waals surface area contributed by atoms with Crippen LogP contribution in [0.1, 0.15) is 52.0 Å². The van der Waals surface area contributed by atoms with E-state index in [9.17, 15) is 19.8 Å². The highest BCUT2D eigenvalue weighted by molar-refractivity contribution is 14.1. The van der Waals surface area contributed by atoms with E-state index in [2.05, 4.69) is 41.8 Å². The summed E-state index contributed by atoms with van der Waals surface area (Å²) in [6.45, 7) is 6.26. The summed E-state index contributed by atoms with van der Waals surface area (Å²) in [5, 5.41) is 32.8. The van der Waals surface area contributed by atoms with Crippen molar-refractivity contribution >= 4 is 34.4 Å². The van der Waals surface area contributed by atoms with Gasteiger partial charge in [-0.15, -0.1) is 0 Å². The standard InChI is InChI=1S/C26H39IN2O7/c1-5-6-23(32)29(9-7-16(2)3)20-13-18(26(34)28-8-10-30)14-21(24(20)33)36-25-19(27)11-17(15-31)12-22(25)35-4/h11-12,14,16,20-21,24,30-31,33H,5-10,13,15H2,1-4H3,(H,28,34). The molecule has 2 rings (SSSR count). The Bertz CT molecular complexity index is 922.